The average Bonchev–Trinajstić information content (AvgIpc) is 3.55. The molecule has 2 aromatic carbocycles. The van der Waals surface area contributed by atoms with Gasteiger partial charge in [0.2, 0.25) is 11.5 Å². The molecule has 0 fully saturated rings. The third-order valence-corrected chi connectivity index (χ3v) is 5.56. The molecule has 0 aliphatic carbocycles. The Morgan fingerprint density at radius 2 is 1.97 bits per heavy atom. The van der Waals surface area contributed by atoms with Gasteiger partial charge in [0.15, 0.2) is 17.1 Å². The number of ether oxygens (including phenoxy) is 3. The van der Waals surface area contributed by atoms with Gasteiger partial charge in [-0.15, -0.1) is 0 Å². The number of methoxy groups -OCH3 is 2. The Balaban J connectivity index is 1.51. The number of fused-ring (bicyclic) bond motifs is 2. The topological polar surface area (TPSA) is 127 Å². The summed E-state index contributed by atoms with van der Waals surface area (Å²) < 4.78 is 22.6. The lowest BCUT2D eigenvalue weighted by atomic mass is 10.0. The summed E-state index contributed by atoms with van der Waals surface area (Å²) in [5.74, 6) is 2.57. The molecule has 1 atom stereocenters. The van der Waals surface area contributed by atoms with E-state index in [1.165, 1.54) is 0 Å². The second-order valence-corrected chi connectivity index (χ2v) is 7.73. The van der Waals surface area contributed by atoms with Crippen molar-refractivity contribution < 1.29 is 33.6 Å². The smallest absolute Gasteiger partial charge is 0.251 e. The Morgan fingerprint density at radius 1 is 1.12 bits per heavy atom. The maximum Gasteiger partial charge on any atom is 0.251 e. The second kappa shape index (κ2) is 8.69. The van der Waals surface area contributed by atoms with E-state index in [9.17, 15) is 9.90 Å². The van der Waals surface area contributed by atoms with Crippen molar-refractivity contribution in [3.8, 4) is 45.4 Å². The minimum absolute atomic E-state index is 0.0433. The number of carbonyl (C=O) groups excluding carboxylic acids is 1. The summed E-state index contributed by atoms with van der Waals surface area (Å²) >= 11 is 0. The third kappa shape index (κ3) is 3.81. The molecular formula is C25H22N2O7. The summed E-state index contributed by atoms with van der Waals surface area (Å²) in [4.78, 5) is 16.9. The molecule has 4 aromatic rings. The van der Waals surface area contributed by atoms with Crippen LogP contribution in [0.15, 0.2) is 53.1 Å². The van der Waals surface area contributed by atoms with Gasteiger partial charge in [0.25, 0.3) is 5.91 Å². The van der Waals surface area contributed by atoms with Crippen LogP contribution in [0.5, 0.6) is 23.0 Å². The van der Waals surface area contributed by atoms with Crippen molar-refractivity contribution in [1.29, 1.82) is 0 Å². The van der Waals surface area contributed by atoms with Gasteiger partial charge in [0.1, 0.15) is 11.3 Å². The minimum atomic E-state index is -1.01. The normalized spacial score (nSPS) is 12.6. The van der Waals surface area contributed by atoms with E-state index < -0.39 is 12.7 Å². The molecule has 0 saturated heterocycles. The number of rotatable bonds is 8. The highest BCUT2D eigenvalue weighted by Crippen LogP contribution is 2.61. The molecule has 0 spiro atoms. The molecule has 9 heteroatoms. The lowest BCUT2D eigenvalue weighted by molar-refractivity contribution is 0.0802. The van der Waals surface area contributed by atoms with E-state index in [1.54, 1.807) is 44.7 Å². The summed E-state index contributed by atoms with van der Waals surface area (Å²) in [6.07, 6.45) is 0.667. The second-order valence-electron chi connectivity index (χ2n) is 7.73. The van der Waals surface area contributed by atoms with E-state index in [2.05, 4.69) is 10.3 Å². The van der Waals surface area contributed by atoms with Gasteiger partial charge in [-0.1, -0.05) is 12.1 Å². The molecule has 5 rings (SSSR count). The number of aliphatic hydroxyl groups is 2. The van der Waals surface area contributed by atoms with Crippen LogP contribution in [-0.4, -0.2) is 54.6 Å². The maximum absolute atomic E-state index is 12.5. The maximum atomic E-state index is 12.5. The molecule has 1 amide bonds. The first-order valence-corrected chi connectivity index (χ1v) is 10.6. The number of furan rings is 1. The zero-order chi connectivity index (χ0) is 23.8. The van der Waals surface area contributed by atoms with E-state index in [0.29, 0.717) is 45.4 Å². The molecule has 3 N–H and O–H groups in total. The Hall–Kier alpha value is -4.08. The molecule has 9 nitrogen and oxygen atoms in total. The van der Waals surface area contributed by atoms with Crippen molar-refractivity contribution in [2.45, 2.75) is 6.10 Å². The highest BCUT2D eigenvalue weighted by atomic mass is 16.6. The van der Waals surface area contributed by atoms with Crippen molar-refractivity contribution >= 4 is 17.0 Å². The van der Waals surface area contributed by atoms with Gasteiger partial charge < -0.3 is 34.2 Å². The molecular weight excluding hydrogens is 440 g/mol. The quantitative estimate of drug-likeness (QED) is 0.300. The fraction of sp³-hybridized carbons (Fsp3) is 0.200. The number of hydrogen-bond acceptors (Lipinski definition) is 8. The third-order valence-electron chi connectivity index (χ3n) is 5.56. The largest absolute Gasteiger partial charge is 0.493 e. The van der Waals surface area contributed by atoms with E-state index in [4.69, 9.17) is 23.7 Å². The summed E-state index contributed by atoms with van der Waals surface area (Å²) in [6, 6.07) is 12.5. The van der Waals surface area contributed by atoms with Gasteiger partial charge in [-0.2, -0.15) is 0 Å². The SMILES string of the molecule is COc1cc(-c2cc3nccc(-c4cccc(C(=O)NC[C@@H](O)CO)c4)c3o2)c2c(c1OC)O2. The fourth-order valence-corrected chi connectivity index (χ4v) is 3.81. The number of amides is 1. The zero-order valence-corrected chi connectivity index (χ0v) is 18.5. The minimum Gasteiger partial charge on any atom is -0.493 e. The molecule has 1 aliphatic rings. The molecule has 174 valence electrons. The van der Waals surface area contributed by atoms with Crippen molar-refractivity contribution in [1.82, 2.24) is 10.3 Å². The van der Waals surface area contributed by atoms with Crippen LogP contribution in [0, 0.1) is 0 Å². The molecule has 1 aliphatic heterocycles. The van der Waals surface area contributed by atoms with E-state index in [1.807, 2.05) is 18.2 Å². The van der Waals surface area contributed by atoms with Crippen molar-refractivity contribution in [2.75, 3.05) is 27.4 Å². The molecule has 0 radical (unpaired) electrons. The predicted molar refractivity (Wildman–Crippen MR) is 123 cm³/mol. The van der Waals surface area contributed by atoms with Gasteiger partial charge in [-0.05, 0) is 29.8 Å². The molecule has 0 saturated carbocycles. The van der Waals surface area contributed by atoms with E-state index in [-0.39, 0.29) is 12.5 Å². The predicted octanol–water partition coefficient (Wildman–Crippen LogP) is 3.37. The molecule has 2 aromatic heterocycles. The number of aromatic nitrogens is 1. The van der Waals surface area contributed by atoms with Crippen LogP contribution in [0.25, 0.3) is 33.6 Å². The number of nitrogens with zero attached hydrogens (tertiary/aromatic N) is 1. The summed E-state index contributed by atoms with van der Waals surface area (Å²) in [6.45, 7) is -0.469. The number of carbonyl (C=O) groups is 1. The van der Waals surface area contributed by atoms with Crippen molar-refractivity contribution in [3.05, 3.63) is 54.2 Å². The van der Waals surface area contributed by atoms with Crippen LogP contribution in [0.4, 0.5) is 0 Å². The van der Waals surface area contributed by atoms with Crippen LogP contribution in [0.2, 0.25) is 0 Å². The first-order valence-electron chi connectivity index (χ1n) is 10.6. The van der Waals surface area contributed by atoms with Crippen LogP contribution >= 0.6 is 0 Å². The Kier molecular flexibility index (Phi) is 5.56. The molecule has 3 heterocycles. The Labute approximate surface area is 194 Å². The van der Waals surface area contributed by atoms with E-state index in [0.717, 1.165) is 16.7 Å². The Bertz CT molecular complexity index is 1400. The van der Waals surface area contributed by atoms with E-state index >= 15 is 0 Å². The van der Waals surface area contributed by atoms with Gasteiger partial charge in [0, 0.05) is 29.9 Å². The zero-order valence-electron chi connectivity index (χ0n) is 18.5. The number of benzene rings is 2. The first kappa shape index (κ1) is 21.7. The number of aliphatic hydroxyl groups excluding tert-OH is 2. The van der Waals surface area contributed by atoms with Gasteiger partial charge in [0.05, 0.1) is 32.5 Å². The van der Waals surface area contributed by atoms with Crippen LogP contribution < -0.4 is 19.5 Å². The number of pyridine rings is 1. The standard InChI is InChI=1S/C25H22N2O7/c1-31-20-9-17(22-24(34-22)23(20)32-2)19-10-18-21(33-19)16(6-7-26-18)13-4-3-5-14(8-13)25(30)27-11-15(29)12-28/h3-10,15,28-29H,11-12H2,1-2H3,(H,27,30)/t15-/m1/s1. The highest BCUT2D eigenvalue weighted by Gasteiger charge is 2.35. The average molecular weight is 462 g/mol. The number of nitrogens with one attached hydrogen (secondary N) is 1. The van der Waals surface area contributed by atoms with Crippen LogP contribution in [0.1, 0.15) is 10.4 Å². The van der Waals surface area contributed by atoms with Gasteiger partial charge in [-0.3, -0.25) is 9.78 Å². The Morgan fingerprint density at radius 3 is 2.74 bits per heavy atom. The molecule has 0 unspecified atom stereocenters. The van der Waals surface area contributed by atoms with Gasteiger partial charge in [-0.25, -0.2) is 0 Å². The highest BCUT2D eigenvalue weighted by molar-refractivity contribution is 5.98. The lowest BCUT2D eigenvalue weighted by Crippen LogP contribution is -2.33. The summed E-state index contributed by atoms with van der Waals surface area (Å²) in [5, 5.41) is 21.0. The van der Waals surface area contributed by atoms with Crippen LogP contribution in [-0.2, 0) is 0 Å². The van der Waals surface area contributed by atoms with Gasteiger partial charge >= 0.3 is 0 Å². The van der Waals surface area contributed by atoms with Crippen molar-refractivity contribution in [3.63, 3.8) is 0 Å². The first-order chi connectivity index (χ1) is 16.5. The fourth-order valence-electron chi connectivity index (χ4n) is 3.81. The number of hydrogen-bond donors (Lipinski definition) is 3. The summed E-state index contributed by atoms with van der Waals surface area (Å²) in [7, 11) is 3.11. The monoisotopic (exact) mass is 462 g/mol. The van der Waals surface area contributed by atoms with Crippen molar-refractivity contribution in [2.24, 2.45) is 0 Å². The van der Waals surface area contributed by atoms with Crippen LogP contribution in [0.3, 0.4) is 0 Å². The molecule has 0 bridgehead atoms. The molecule has 34 heavy (non-hydrogen) atoms. The summed E-state index contributed by atoms with van der Waals surface area (Å²) in [5.41, 5.74) is 3.89. The lowest BCUT2D eigenvalue weighted by Gasteiger charge is -2.10.